The number of hydrogen-bond donors (Lipinski definition) is 2. The Morgan fingerprint density at radius 3 is 2.47 bits per heavy atom. The molecule has 6 rings (SSSR count). The number of fused-ring (bicyclic) bond motifs is 1. The second-order valence-corrected chi connectivity index (χ2v) is 9.04. The van der Waals surface area contributed by atoms with Gasteiger partial charge in [0.25, 0.3) is 0 Å². The zero-order valence-corrected chi connectivity index (χ0v) is 19.4. The Morgan fingerprint density at radius 2 is 1.71 bits per heavy atom. The van der Waals surface area contributed by atoms with E-state index in [0.717, 1.165) is 76.9 Å². The SMILES string of the molecule is Cc1ccc(-c2cc3c(N4CCC(c5nc(C)c(-c6ccccc6)[nH]5)CC4)ncnc3[nH]2)cn1. The number of benzene rings is 1. The van der Waals surface area contributed by atoms with Crippen molar-refractivity contribution in [1.29, 1.82) is 0 Å². The Labute approximate surface area is 198 Å². The van der Waals surface area contributed by atoms with Crippen molar-refractivity contribution in [1.82, 2.24) is 29.9 Å². The maximum Gasteiger partial charge on any atom is 0.143 e. The monoisotopic (exact) mass is 449 g/mol. The van der Waals surface area contributed by atoms with Gasteiger partial charge >= 0.3 is 0 Å². The first-order valence-electron chi connectivity index (χ1n) is 11.8. The normalized spacial score (nSPS) is 14.7. The maximum absolute atomic E-state index is 4.89. The van der Waals surface area contributed by atoms with E-state index in [4.69, 9.17) is 4.98 Å². The highest BCUT2D eigenvalue weighted by molar-refractivity contribution is 5.91. The number of rotatable bonds is 4. The molecule has 7 nitrogen and oxygen atoms in total. The Morgan fingerprint density at radius 1 is 0.882 bits per heavy atom. The average Bonchev–Trinajstić information content (AvgIpc) is 3.49. The first-order valence-corrected chi connectivity index (χ1v) is 11.8. The molecule has 4 aromatic heterocycles. The number of piperidine rings is 1. The first kappa shape index (κ1) is 20.6. The largest absolute Gasteiger partial charge is 0.356 e. The van der Waals surface area contributed by atoms with Crippen LogP contribution in [0.15, 0.2) is 61.1 Å². The molecule has 0 radical (unpaired) electrons. The molecule has 5 heterocycles. The first-order chi connectivity index (χ1) is 16.7. The average molecular weight is 450 g/mol. The molecule has 0 bridgehead atoms. The molecule has 1 aromatic carbocycles. The molecule has 170 valence electrons. The second kappa shape index (κ2) is 8.41. The molecule has 5 aromatic rings. The van der Waals surface area contributed by atoms with E-state index in [0.29, 0.717) is 5.92 Å². The Hall–Kier alpha value is -4.00. The summed E-state index contributed by atoms with van der Waals surface area (Å²) in [6.45, 7) is 5.95. The lowest BCUT2D eigenvalue weighted by Crippen LogP contribution is -2.33. The van der Waals surface area contributed by atoms with Crippen LogP contribution in [0.4, 0.5) is 5.82 Å². The van der Waals surface area contributed by atoms with Crippen molar-refractivity contribution in [3.05, 3.63) is 78.3 Å². The third-order valence-corrected chi connectivity index (χ3v) is 6.77. The zero-order chi connectivity index (χ0) is 23.1. The number of nitrogens with one attached hydrogen (secondary N) is 2. The minimum Gasteiger partial charge on any atom is -0.356 e. The highest BCUT2D eigenvalue weighted by Crippen LogP contribution is 2.34. The fraction of sp³-hybridized carbons (Fsp3) is 0.259. The number of anilines is 1. The van der Waals surface area contributed by atoms with Crippen molar-refractivity contribution in [3.8, 4) is 22.5 Å². The van der Waals surface area contributed by atoms with Crippen molar-refractivity contribution < 1.29 is 0 Å². The highest BCUT2D eigenvalue weighted by Gasteiger charge is 2.26. The number of imidazole rings is 1. The third-order valence-electron chi connectivity index (χ3n) is 6.77. The molecular formula is C27H27N7. The highest BCUT2D eigenvalue weighted by atomic mass is 15.2. The van der Waals surface area contributed by atoms with Gasteiger partial charge in [0.05, 0.1) is 16.8 Å². The number of aromatic nitrogens is 6. The van der Waals surface area contributed by atoms with Gasteiger partial charge < -0.3 is 14.9 Å². The molecule has 0 amide bonds. The summed E-state index contributed by atoms with van der Waals surface area (Å²) in [5.41, 5.74) is 7.30. The van der Waals surface area contributed by atoms with Crippen LogP contribution >= 0.6 is 0 Å². The van der Waals surface area contributed by atoms with Gasteiger partial charge in [0.15, 0.2) is 0 Å². The summed E-state index contributed by atoms with van der Waals surface area (Å²) in [6, 6.07) is 16.7. The van der Waals surface area contributed by atoms with Crippen LogP contribution in [0, 0.1) is 13.8 Å². The molecule has 7 heteroatoms. The van der Waals surface area contributed by atoms with Gasteiger partial charge in [-0.05, 0) is 50.5 Å². The van der Waals surface area contributed by atoms with Gasteiger partial charge in [-0.25, -0.2) is 15.0 Å². The fourth-order valence-corrected chi connectivity index (χ4v) is 4.89. The van der Waals surface area contributed by atoms with Crippen LogP contribution in [0.5, 0.6) is 0 Å². The summed E-state index contributed by atoms with van der Waals surface area (Å²) >= 11 is 0. The van der Waals surface area contributed by atoms with E-state index in [2.05, 4.69) is 73.1 Å². The summed E-state index contributed by atoms with van der Waals surface area (Å²) in [7, 11) is 0. The van der Waals surface area contributed by atoms with Crippen LogP contribution in [-0.4, -0.2) is 43.0 Å². The van der Waals surface area contributed by atoms with Crippen molar-refractivity contribution >= 4 is 16.9 Å². The van der Waals surface area contributed by atoms with Gasteiger partial charge in [-0.2, -0.15) is 0 Å². The second-order valence-electron chi connectivity index (χ2n) is 9.04. The number of H-pyrrole nitrogens is 2. The molecule has 1 aliphatic heterocycles. The van der Waals surface area contributed by atoms with E-state index in [1.165, 1.54) is 5.56 Å². The molecule has 1 fully saturated rings. The summed E-state index contributed by atoms with van der Waals surface area (Å²) in [5.74, 6) is 2.51. The molecule has 0 unspecified atom stereocenters. The van der Waals surface area contributed by atoms with Crippen LogP contribution in [-0.2, 0) is 0 Å². The van der Waals surface area contributed by atoms with Gasteiger partial charge in [-0.15, -0.1) is 0 Å². The number of aromatic amines is 2. The number of pyridine rings is 1. The van der Waals surface area contributed by atoms with E-state index in [9.17, 15) is 0 Å². The van der Waals surface area contributed by atoms with E-state index in [-0.39, 0.29) is 0 Å². The van der Waals surface area contributed by atoms with Crippen LogP contribution in [0.3, 0.4) is 0 Å². The predicted molar refractivity (Wildman–Crippen MR) is 135 cm³/mol. The van der Waals surface area contributed by atoms with Crippen molar-refractivity contribution in [2.45, 2.75) is 32.6 Å². The smallest absolute Gasteiger partial charge is 0.143 e. The van der Waals surface area contributed by atoms with E-state index in [1.54, 1.807) is 6.33 Å². The molecule has 1 saturated heterocycles. The predicted octanol–water partition coefficient (Wildman–Crippen LogP) is 5.41. The lowest BCUT2D eigenvalue weighted by molar-refractivity contribution is 0.487. The quantitative estimate of drug-likeness (QED) is 0.383. The summed E-state index contributed by atoms with van der Waals surface area (Å²) in [4.78, 5) is 27.9. The third kappa shape index (κ3) is 3.73. The number of aryl methyl sites for hydroxylation is 2. The number of nitrogens with zero attached hydrogens (tertiary/aromatic N) is 5. The molecule has 0 aliphatic carbocycles. The van der Waals surface area contributed by atoms with E-state index < -0.39 is 0 Å². The van der Waals surface area contributed by atoms with Crippen molar-refractivity contribution in [3.63, 3.8) is 0 Å². The minimum atomic E-state index is 0.421. The summed E-state index contributed by atoms with van der Waals surface area (Å²) < 4.78 is 0. The van der Waals surface area contributed by atoms with Crippen molar-refractivity contribution in [2.24, 2.45) is 0 Å². The molecular weight excluding hydrogens is 422 g/mol. The zero-order valence-electron chi connectivity index (χ0n) is 19.4. The van der Waals surface area contributed by atoms with Crippen LogP contribution in [0.1, 0.15) is 36.0 Å². The topological polar surface area (TPSA) is 86.4 Å². The molecule has 1 aliphatic rings. The molecule has 34 heavy (non-hydrogen) atoms. The van der Waals surface area contributed by atoms with Crippen molar-refractivity contribution in [2.75, 3.05) is 18.0 Å². The van der Waals surface area contributed by atoms with Gasteiger partial charge in [0.1, 0.15) is 23.6 Å². The van der Waals surface area contributed by atoms with Crippen LogP contribution < -0.4 is 4.90 Å². The van der Waals surface area contributed by atoms with Gasteiger partial charge in [-0.3, -0.25) is 4.98 Å². The molecule has 0 saturated carbocycles. The number of hydrogen-bond acceptors (Lipinski definition) is 5. The minimum absolute atomic E-state index is 0.421. The fourth-order valence-electron chi connectivity index (χ4n) is 4.89. The van der Waals surface area contributed by atoms with Gasteiger partial charge in [0.2, 0.25) is 0 Å². The maximum atomic E-state index is 4.89. The molecule has 2 N–H and O–H groups in total. The van der Waals surface area contributed by atoms with E-state index >= 15 is 0 Å². The summed E-state index contributed by atoms with van der Waals surface area (Å²) in [5, 5.41) is 1.05. The standard InChI is InChI=1S/C27H27N7/c1-17-8-9-21(15-28-17)23-14-22-26(32-23)29-16-30-27(22)34-12-10-20(11-13-34)25-31-18(2)24(33-25)19-6-4-3-5-7-19/h3-9,14-16,20H,10-13H2,1-2H3,(H,31,33)(H,29,30,32). The molecule has 0 atom stereocenters. The van der Waals surface area contributed by atoms with Crippen LogP contribution in [0.25, 0.3) is 33.5 Å². The van der Waals surface area contributed by atoms with Gasteiger partial charge in [-0.1, -0.05) is 30.3 Å². The van der Waals surface area contributed by atoms with E-state index in [1.807, 2.05) is 25.3 Å². The van der Waals surface area contributed by atoms with Gasteiger partial charge in [0, 0.05) is 42.2 Å². The molecule has 0 spiro atoms. The lowest BCUT2D eigenvalue weighted by Gasteiger charge is -2.32. The summed E-state index contributed by atoms with van der Waals surface area (Å²) in [6.07, 6.45) is 5.62. The Balaban J connectivity index is 1.22. The Kier molecular flexibility index (Phi) is 5.09. The Bertz CT molecular complexity index is 1430. The van der Waals surface area contributed by atoms with Crippen LogP contribution in [0.2, 0.25) is 0 Å². The lowest BCUT2D eigenvalue weighted by atomic mass is 9.96.